The molecule has 1 amide bonds. The molecule has 19 heavy (non-hydrogen) atoms. The third-order valence-corrected chi connectivity index (χ3v) is 2.90. The third kappa shape index (κ3) is 6.08. The van der Waals surface area contributed by atoms with Crippen LogP contribution in [-0.2, 0) is 11.2 Å². The van der Waals surface area contributed by atoms with Gasteiger partial charge in [0.2, 0.25) is 5.91 Å². The maximum absolute atomic E-state index is 11.5. The molecule has 0 spiro atoms. The lowest BCUT2D eigenvalue weighted by Gasteiger charge is -2.16. The van der Waals surface area contributed by atoms with Crippen molar-refractivity contribution in [3.63, 3.8) is 0 Å². The highest BCUT2D eigenvalue weighted by Gasteiger charge is 2.12. The van der Waals surface area contributed by atoms with Crippen LogP contribution in [0.4, 0.5) is 0 Å². The second-order valence-corrected chi connectivity index (χ2v) is 5.36. The second kappa shape index (κ2) is 8.18. The van der Waals surface area contributed by atoms with E-state index in [1.807, 2.05) is 6.92 Å². The number of nitrogens with two attached hydrogens (primary N) is 1. The van der Waals surface area contributed by atoms with E-state index in [0.29, 0.717) is 5.92 Å². The molecule has 0 saturated carbocycles. The molecule has 3 N–H and O–H groups in total. The van der Waals surface area contributed by atoms with E-state index >= 15 is 0 Å². The monoisotopic (exact) mass is 284 g/mol. The molecule has 0 fully saturated rings. The van der Waals surface area contributed by atoms with Crippen LogP contribution in [0.25, 0.3) is 0 Å². The van der Waals surface area contributed by atoms with Crippen LogP contribution in [0.15, 0.2) is 24.3 Å². The first-order valence-corrected chi connectivity index (χ1v) is 6.55. The Kier molecular flexibility index (Phi) is 7.72. The quantitative estimate of drug-likeness (QED) is 0.873. The molecule has 1 unspecified atom stereocenters. The van der Waals surface area contributed by atoms with Gasteiger partial charge in [0.15, 0.2) is 0 Å². The Hall–Kier alpha value is -1.06. The van der Waals surface area contributed by atoms with Gasteiger partial charge >= 0.3 is 0 Å². The van der Waals surface area contributed by atoms with Crippen LogP contribution < -0.4 is 11.1 Å². The molecule has 0 bridgehead atoms. The van der Waals surface area contributed by atoms with Gasteiger partial charge in [0.05, 0.1) is 12.1 Å². The van der Waals surface area contributed by atoms with Crippen LogP contribution >= 0.6 is 12.4 Å². The number of nitrogens with one attached hydrogen (secondary N) is 1. The van der Waals surface area contributed by atoms with E-state index in [9.17, 15) is 4.79 Å². The Morgan fingerprint density at radius 3 is 2.11 bits per heavy atom. The third-order valence-electron chi connectivity index (χ3n) is 2.90. The predicted molar refractivity (Wildman–Crippen MR) is 82.4 cm³/mol. The zero-order valence-corrected chi connectivity index (χ0v) is 13.0. The minimum Gasteiger partial charge on any atom is -0.348 e. The first kappa shape index (κ1) is 17.9. The molecule has 0 aromatic heterocycles. The minimum absolute atomic E-state index is 0. The Labute approximate surface area is 122 Å². The van der Waals surface area contributed by atoms with Crippen LogP contribution in [0.5, 0.6) is 0 Å². The Balaban J connectivity index is 0.00000324. The number of hydrogen-bond donors (Lipinski definition) is 2. The van der Waals surface area contributed by atoms with E-state index in [1.165, 1.54) is 5.56 Å². The lowest BCUT2D eigenvalue weighted by Crippen LogP contribution is -2.39. The van der Waals surface area contributed by atoms with Crippen LogP contribution in [-0.4, -0.2) is 11.9 Å². The largest absolute Gasteiger partial charge is 0.348 e. The van der Waals surface area contributed by atoms with Gasteiger partial charge in [0.1, 0.15) is 0 Å². The van der Waals surface area contributed by atoms with E-state index in [2.05, 4.69) is 43.4 Å². The molecule has 108 valence electrons. The fourth-order valence-corrected chi connectivity index (χ4v) is 1.84. The lowest BCUT2D eigenvalue weighted by atomic mass is 10.00. The van der Waals surface area contributed by atoms with Gasteiger partial charge in [-0.2, -0.15) is 0 Å². The summed E-state index contributed by atoms with van der Waals surface area (Å²) < 4.78 is 0. The summed E-state index contributed by atoms with van der Waals surface area (Å²) >= 11 is 0. The van der Waals surface area contributed by atoms with E-state index in [0.717, 1.165) is 12.0 Å². The van der Waals surface area contributed by atoms with Gasteiger partial charge in [-0.25, -0.2) is 0 Å². The molecular formula is C15H25ClN2O. The van der Waals surface area contributed by atoms with Gasteiger partial charge in [-0.05, 0) is 37.3 Å². The summed E-state index contributed by atoms with van der Waals surface area (Å²) in [5, 5.41) is 2.89. The smallest absolute Gasteiger partial charge is 0.237 e. The minimum atomic E-state index is -0.465. The molecule has 4 heteroatoms. The molecule has 0 aliphatic heterocycles. The average Bonchev–Trinajstić information content (AvgIpc) is 2.28. The van der Waals surface area contributed by atoms with Crippen molar-refractivity contribution >= 4 is 18.3 Å². The topological polar surface area (TPSA) is 55.1 Å². The Morgan fingerprint density at radius 2 is 1.68 bits per heavy atom. The maximum atomic E-state index is 11.5. The summed E-state index contributed by atoms with van der Waals surface area (Å²) in [7, 11) is 0. The van der Waals surface area contributed by atoms with Crippen molar-refractivity contribution in [3.05, 3.63) is 35.4 Å². The molecule has 1 rings (SSSR count). The Morgan fingerprint density at radius 1 is 1.16 bits per heavy atom. The van der Waals surface area contributed by atoms with Crippen molar-refractivity contribution in [2.24, 2.45) is 11.7 Å². The van der Waals surface area contributed by atoms with E-state index in [-0.39, 0.29) is 24.4 Å². The average molecular weight is 285 g/mol. The number of rotatable bonds is 5. The highest BCUT2D eigenvalue weighted by atomic mass is 35.5. The molecule has 0 radical (unpaired) electrons. The van der Waals surface area contributed by atoms with Gasteiger partial charge in [-0.1, -0.05) is 38.1 Å². The van der Waals surface area contributed by atoms with Crippen molar-refractivity contribution in [3.8, 4) is 0 Å². The first-order valence-electron chi connectivity index (χ1n) is 6.55. The van der Waals surface area contributed by atoms with Gasteiger partial charge in [0, 0.05) is 0 Å². The molecular weight excluding hydrogens is 260 g/mol. The molecule has 0 heterocycles. The second-order valence-electron chi connectivity index (χ2n) is 5.36. The van der Waals surface area contributed by atoms with Crippen LogP contribution in [0, 0.1) is 5.92 Å². The standard InChI is InChI=1S/C15H24N2O.ClH/c1-10(2)9-13-5-7-14(8-6-13)12(4)17-15(18)11(3)16;/h5-8,10-12H,9,16H2,1-4H3,(H,17,18);1H/t11-,12?;/m1./s1. The zero-order chi connectivity index (χ0) is 13.7. The summed E-state index contributed by atoms with van der Waals surface area (Å²) in [4.78, 5) is 11.5. The van der Waals surface area contributed by atoms with Crippen molar-refractivity contribution < 1.29 is 4.79 Å². The predicted octanol–water partition coefficient (Wildman–Crippen LogP) is 2.83. The maximum Gasteiger partial charge on any atom is 0.237 e. The number of amides is 1. The summed E-state index contributed by atoms with van der Waals surface area (Å²) in [6.45, 7) is 8.07. The fourth-order valence-electron chi connectivity index (χ4n) is 1.84. The van der Waals surface area contributed by atoms with E-state index in [4.69, 9.17) is 5.73 Å². The normalized spacial score (nSPS) is 13.6. The van der Waals surface area contributed by atoms with E-state index in [1.54, 1.807) is 6.92 Å². The molecule has 3 nitrogen and oxygen atoms in total. The SMILES string of the molecule is CC(C)Cc1ccc(C(C)NC(=O)[C@@H](C)N)cc1.Cl. The molecule has 1 aromatic carbocycles. The highest BCUT2D eigenvalue weighted by molar-refractivity contribution is 5.85. The van der Waals surface area contributed by atoms with Gasteiger partial charge in [-0.3, -0.25) is 4.79 Å². The van der Waals surface area contributed by atoms with E-state index < -0.39 is 6.04 Å². The molecule has 2 atom stereocenters. The number of hydrogen-bond acceptors (Lipinski definition) is 2. The van der Waals surface area contributed by atoms with Gasteiger partial charge < -0.3 is 11.1 Å². The van der Waals surface area contributed by atoms with Gasteiger partial charge in [-0.15, -0.1) is 12.4 Å². The number of benzene rings is 1. The van der Waals surface area contributed by atoms with Crippen LogP contribution in [0.1, 0.15) is 44.9 Å². The zero-order valence-electron chi connectivity index (χ0n) is 12.1. The summed E-state index contributed by atoms with van der Waals surface area (Å²) in [6, 6.07) is 7.94. The van der Waals surface area contributed by atoms with Crippen molar-refractivity contribution in [2.75, 3.05) is 0 Å². The number of halogens is 1. The van der Waals surface area contributed by atoms with Gasteiger partial charge in [0.25, 0.3) is 0 Å². The summed E-state index contributed by atoms with van der Waals surface area (Å²) in [5.41, 5.74) is 7.97. The molecule has 1 aromatic rings. The molecule has 0 saturated heterocycles. The van der Waals surface area contributed by atoms with Crippen molar-refractivity contribution in [1.82, 2.24) is 5.32 Å². The lowest BCUT2D eigenvalue weighted by molar-refractivity contribution is -0.122. The fraction of sp³-hybridized carbons (Fsp3) is 0.533. The Bertz CT molecular complexity index is 388. The highest BCUT2D eigenvalue weighted by Crippen LogP contribution is 2.15. The van der Waals surface area contributed by atoms with Crippen molar-refractivity contribution in [2.45, 2.75) is 46.2 Å². The molecule has 0 aliphatic carbocycles. The van der Waals surface area contributed by atoms with Crippen molar-refractivity contribution in [1.29, 1.82) is 0 Å². The number of carbonyl (C=O) groups is 1. The molecule has 0 aliphatic rings. The summed E-state index contributed by atoms with van der Waals surface area (Å²) in [6.07, 6.45) is 1.08. The summed E-state index contributed by atoms with van der Waals surface area (Å²) in [5.74, 6) is 0.542. The first-order chi connectivity index (χ1) is 8.40. The van der Waals surface area contributed by atoms with Crippen LogP contribution in [0.2, 0.25) is 0 Å². The number of carbonyl (C=O) groups excluding carboxylic acids is 1. The van der Waals surface area contributed by atoms with Crippen LogP contribution in [0.3, 0.4) is 0 Å².